The van der Waals surface area contributed by atoms with Crippen molar-refractivity contribution in [2.75, 3.05) is 0 Å². The summed E-state index contributed by atoms with van der Waals surface area (Å²) in [6, 6.07) is 17.0. The fourth-order valence-electron chi connectivity index (χ4n) is 2.81. The summed E-state index contributed by atoms with van der Waals surface area (Å²) in [5.74, 6) is 0.443. The van der Waals surface area contributed by atoms with Crippen LogP contribution < -0.4 is 5.32 Å². The first-order chi connectivity index (χ1) is 13.8. The van der Waals surface area contributed by atoms with E-state index in [-0.39, 0.29) is 36.5 Å². The summed E-state index contributed by atoms with van der Waals surface area (Å²) in [4.78, 5) is 24.4. The minimum absolute atomic E-state index is 0.0383. The zero-order valence-corrected chi connectivity index (χ0v) is 16.9. The van der Waals surface area contributed by atoms with E-state index in [4.69, 9.17) is 4.42 Å². The number of Topliss-reactive ketones (excluding diaryl/α,β-unsaturated/α-hetero) is 1. The van der Waals surface area contributed by atoms with Crippen molar-refractivity contribution >= 4 is 11.7 Å². The third-order valence-electron chi connectivity index (χ3n) is 4.58. The van der Waals surface area contributed by atoms with Gasteiger partial charge in [-0.15, -0.1) is 10.2 Å². The number of benzene rings is 2. The summed E-state index contributed by atoms with van der Waals surface area (Å²) in [7, 11) is 0. The molecule has 0 saturated heterocycles. The van der Waals surface area contributed by atoms with Crippen molar-refractivity contribution in [1.82, 2.24) is 15.5 Å². The van der Waals surface area contributed by atoms with Gasteiger partial charge in [0.05, 0.1) is 6.54 Å². The summed E-state index contributed by atoms with van der Waals surface area (Å²) >= 11 is 0. The van der Waals surface area contributed by atoms with Crippen molar-refractivity contribution in [1.29, 1.82) is 0 Å². The highest BCUT2D eigenvalue weighted by Crippen LogP contribution is 2.22. The van der Waals surface area contributed by atoms with Crippen molar-refractivity contribution in [3.05, 3.63) is 71.6 Å². The molecule has 0 radical (unpaired) electrons. The standard InChI is InChI=1S/C23H25N3O3/c1-23(2,3)18-11-9-16(10-12-18)19(27)13-14-20(28)24-15-21-25-26-22(29-21)17-7-5-4-6-8-17/h4-12H,13-15H2,1-3H3,(H,24,28). The fraction of sp³-hybridized carbons (Fsp3) is 0.304. The quantitative estimate of drug-likeness (QED) is 0.607. The Morgan fingerprint density at radius 2 is 1.62 bits per heavy atom. The molecule has 0 spiro atoms. The predicted octanol–water partition coefficient (Wildman–Crippen LogP) is 4.31. The van der Waals surface area contributed by atoms with Gasteiger partial charge in [-0.25, -0.2) is 0 Å². The molecule has 6 nitrogen and oxygen atoms in total. The lowest BCUT2D eigenvalue weighted by atomic mass is 9.86. The molecule has 0 saturated carbocycles. The van der Waals surface area contributed by atoms with Crippen LogP contribution in [0.4, 0.5) is 0 Å². The third kappa shape index (κ3) is 5.60. The second kappa shape index (κ2) is 8.82. The monoisotopic (exact) mass is 391 g/mol. The molecule has 1 N–H and O–H groups in total. The lowest BCUT2D eigenvalue weighted by Crippen LogP contribution is -2.23. The van der Waals surface area contributed by atoms with E-state index in [9.17, 15) is 9.59 Å². The molecule has 0 bridgehead atoms. The third-order valence-corrected chi connectivity index (χ3v) is 4.58. The zero-order valence-electron chi connectivity index (χ0n) is 16.9. The van der Waals surface area contributed by atoms with Gasteiger partial charge in [0.1, 0.15) is 0 Å². The molecule has 2 aromatic carbocycles. The highest BCUT2D eigenvalue weighted by Gasteiger charge is 2.15. The van der Waals surface area contributed by atoms with Gasteiger partial charge in [0.15, 0.2) is 5.78 Å². The van der Waals surface area contributed by atoms with Gasteiger partial charge in [-0.3, -0.25) is 9.59 Å². The molecule has 0 aliphatic heterocycles. The van der Waals surface area contributed by atoms with Gasteiger partial charge in [-0.05, 0) is 23.1 Å². The van der Waals surface area contributed by atoms with Crippen LogP contribution in [0.2, 0.25) is 0 Å². The maximum atomic E-state index is 12.3. The molecule has 3 rings (SSSR count). The molecule has 0 aliphatic carbocycles. The summed E-state index contributed by atoms with van der Waals surface area (Å²) in [6.45, 7) is 6.51. The number of rotatable bonds is 7. The number of ketones is 1. The van der Waals surface area contributed by atoms with Gasteiger partial charge in [0.25, 0.3) is 0 Å². The van der Waals surface area contributed by atoms with Crippen LogP contribution in [-0.2, 0) is 16.8 Å². The Balaban J connectivity index is 1.46. The Morgan fingerprint density at radius 3 is 2.28 bits per heavy atom. The Labute approximate surface area is 170 Å². The molecule has 29 heavy (non-hydrogen) atoms. The fourth-order valence-corrected chi connectivity index (χ4v) is 2.81. The average molecular weight is 391 g/mol. The van der Waals surface area contributed by atoms with Crippen LogP contribution in [0, 0.1) is 0 Å². The van der Waals surface area contributed by atoms with E-state index in [0.29, 0.717) is 17.3 Å². The molecule has 1 heterocycles. The normalized spacial score (nSPS) is 11.3. The molecule has 3 aromatic rings. The van der Waals surface area contributed by atoms with E-state index in [1.807, 2.05) is 54.6 Å². The van der Waals surface area contributed by atoms with Crippen molar-refractivity contribution in [3.8, 4) is 11.5 Å². The van der Waals surface area contributed by atoms with Crippen LogP contribution in [0.1, 0.15) is 55.4 Å². The van der Waals surface area contributed by atoms with E-state index < -0.39 is 0 Å². The predicted molar refractivity (Wildman–Crippen MR) is 110 cm³/mol. The van der Waals surface area contributed by atoms with Crippen molar-refractivity contribution in [2.24, 2.45) is 0 Å². The molecule has 1 aromatic heterocycles. The lowest BCUT2D eigenvalue weighted by Gasteiger charge is -2.18. The summed E-state index contributed by atoms with van der Waals surface area (Å²) in [6.07, 6.45) is 0.263. The van der Waals surface area contributed by atoms with E-state index in [1.165, 1.54) is 5.56 Å². The van der Waals surface area contributed by atoms with Gasteiger partial charge in [0, 0.05) is 24.0 Å². The van der Waals surface area contributed by atoms with Gasteiger partial charge in [0.2, 0.25) is 17.7 Å². The Morgan fingerprint density at radius 1 is 0.931 bits per heavy atom. The molecule has 0 atom stereocenters. The first kappa shape index (κ1) is 20.5. The first-order valence-corrected chi connectivity index (χ1v) is 9.61. The molecule has 0 aliphatic rings. The lowest BCUT2D eigenvalue weighted by molar-refractivity contribution is -0.121. The molecular weight excluding hydrogens is 366 g/mol. The minimum Gasteiger partial charge on any atom is -0.419 e. The number of hydrogen-bond donors (Lipinski definition) is 1. The van der Waals surface area contributed by atoms with E-state index in [1.54, 1.807) is 0 Å². The van der Waals surface area contributed by atoms with Crippen LogP contribution in [0.25, 0.3) is 11.5 Å². The van der Waals surface area contributed by atoms with Crippen LogP contribution in [0.15, 0.2) is 59.0 Å². The van der Waals surface area contributed by atoms with E-state index >= 15 is 0 Å². The topological polar surface area (TPSA) is 85.1 Å². The summed E-state index contributed by atoms with van der Waals surface area (Å²) in [5.41, 5.74) is 2.65. The largest absolute Gasteiger partial charge is 0.419 e. The molecule has 0 fully saturated rings. The molecule has 1 amide bonds. The maximum absolute atomic E-state index is 12.3. The summed E-state index contributed by atoms with van der Waals surface area (Å²) in [5, 5.41) is 10.6. The van der Waals surface area contributed by atoms with Gasteiger partial charge in [-0.1, -0.05) is 63.2 Å². The second-order valence-corrected chi connectivity index (χ2v) is 7.89. The number of amides is 1. The van der Waals surface area contributed by atoms with Crippen molar-refractivity contribution in [2.45, 2.75) is 45.6 Å². The Hall–Kier alpha value is -3.28. The van der Waals surface area contributed by atoms with Gasteiger partial charge < -0.3 is 9.73 Å². The number of nitrogens with one attached hydrogen (secondary N) is 1. The SMILES string of the molecule is CC(C)(C)c1ccc(C(=O)CCC(=O)NCc2nnc(-c3ccccc3)o2)cc1. The number of hydrogen-bond acceptors (Lipinski definition) is 5. The van der Waals surface area contributed by atoms with Crippen molar-refractivity contribution in [3.63, 3.8) is 0 Å². The number of aromatic nitrogens is 2. The molecule has 150 valence electrons. The second-order valence-electron chi connectivity index (χ2n) is 7.89. The Bertz CT molecular complexity index is 971. The van der Waals surface area contributed by atoms with Crippen LogP contribution in [0.3, 0.4) is 0 Å². The van der Waals surface area contributed by atoms with Gasteiger partial charge in [-0.2, -0.15) is 0 Å². The minimum atomic E-state index is -0.232. The van der Waals surface area contributed by atoms with E-state index in [0.717, 1.165) is 5.56 Å². The maximum Gasteiger partial charge on any atom is 0.247 e. The average Bonchev–Trinajstić information content (AvgIpc) is 3.20. The number of carbonyl (C=O) groups is 2. The summed E-state index contributed by atoms with van der Waals surface area (Å²) < 4.78 is 5.55. The molecule has 0 unspecified atom stereocenters. The smallest absolute Gasteiger partial charge is 0.247 e. The first-order valence-electron chi connectivity index (χ1n) is 9.61. The molecule has 6 heteroatoms. The van der Waals surface area contributed by atoms with Crippen LogP contribution >= 0.6 is 0 Å². The number of nitrogens with zero attached hydrogens (tertiary/aromatic N) is 2. The van der Waals surface area contributed by atoms with E-state index in [2.05, 4.69) is 36.3 Å². The van der Waals surface area contributed by atoms with Crippen molar-refractivity contribution < 1.29 is 14.0 Å². The molecular formula is C23H25N3O3. The highest BCUT2D eigenvalue weighted by atomic mass is 16.4. The van der Waals surface area contributed by atoms with Crippen LogP contribution in [-0.4, -0.2) is 21.9 Å². The van der Waals surface area contributed by atoms with Crippen LogP contribution in [0.5, 0.6) is 0 Å². The highest BCUT2D eigenvalue weighted by molar-refractivity contribution is 5.98. The number of carbonyl (C=O) groups excluding carboxylic acids is 2. The zero-order chi connectivity index (χ0) is 20.9. The Kier molecular flexibility index (Phi) is 6.22. The van der Waals surface area contributed by atoms with Gasteiger partial charge >= 0.3 is 0 Å².